The van der Waals surface area contributed by atoms with Crippen molar-refractivity contribution in [1.82, 2.24) is 4.90 Å². The van der Waals surface area contributed by atoms with Crippen LogP contribution < -0.4 is 0 Å². The van der Waals surface area contributed by atoms with Crippen molar-refractivity contribution in [2.24, 2.45) is 5.92 Å². The maximum Gasteiger partial charge on any atom is 0.295 e. The fourth-order valence-electron chi connectivity index (χ4n) is 3.33. The molecule has 0 aromatic heterocycles. The minimum absolute atomic E-state index is 0.0789. The molecule has 0 aliphatic carbocycles. The fraction of sp³-hybridized carbons (Fsp3) is 0.273. The van der Waals surface area contributed by atoms with Gasteiger partial charge in [-0.1, -0.05) is 55.8 Å². The number of likely N-dealkylation sites (tertiary alicyclic amines) is 1. The molecule has 3 rings (SSSR count). The molecule has 0 bridgehead atoms. The summed E-state index contributed by atoms with van der Waals surface area (Å²) in [7, 11) is 0. The van der Waals surface area contributed by atoms with Crippen molar-refractivity contribution in [1.29, 1.82) is 0 Å². The molecule has 1 saturated heterocycles. The number of carbonyl (C=O) groups is 2. The van der Waals surface area contributed by atoms with Crippen molar-refractivity contribution < 1.29 is 19.8 Å². The molecule has 1 atom stereocenters. The number of ketones is 1. The van der Waals surface area contributed by atoms with Gasteiger partial charge in [-0.2, -0.15) is 0 Å². The molecule has 0 unspecified atom stereocenters. The number of aliphatic hydroxyl groups is 1. The number of benzene rings is 2. The van der Waals surface area contributed by atoms with E-state index in [1.807, 2.05) is 32.9 Å². The molecule has 5 nitrogen and oxygen atoms in total. The average molecular weight is 365 g/mol. The van der Waals surface area contributed by atoms with Crippen molar-refractivity contribution in [2.45, 2.75) is 26.8 Å². The summed E-state index contributed by atoms with van der Waals surface area (Å²) in [5, 5.41) is 20.5. The molecule has 1 aliphatic rings. The van der Waals surface area contributed by atoms with Crippen molar-refractivity contribution in [3.05, 3.63) is 70.8 Å². The highest BCUT2D eigenvalue weighted by atomic mass is 16.3. The van der Waals surface area contributed by atoms with Gasteiger partial charge in [-0.25, -0.2) is 0 Å². The summed E-state index contributed by atoms with van der Waals surface area (Å²) in [6.45, 7) is 6.25. The standard InChI is InChI=1S/C22H23NO4/c1-13(2)12-23-19(15-8-10-17(24)11-9-15)18(21(26)22(23)27)20(25)16-6-4-14(3)5-7-16/h4-11,13,19,24-25H,12H2,1-3H3/t19-/m1/s1. The molecule has 27 heavy (non-hydrogen) atoms. The third-order valence-electron chi connectivity index (χ3n) is 4.64. The van der Waals surface area contributed by atoms with E-state index in [0.29, 0.717) is 17.7 Å². The molecule has 0 saturated carbocycles. The quantitative estimate of drug-likeness (QED) is 0.491. The topological polar surface area (TPSA) is 77.8 Å². The van der Waals surface area contributed by atoms with Crippen molar-refractivity contribution in [3.63, 3.8) is 0 Å². The number of aliphatic hydroxyl groups excluding tert-OH is 1. The lowest BCUT2D eigenvalue weighted by Gasteiger charge is -2.26. The van der Waals surface area contributed by atoms with Crippen molar-refractivity contribution >= 4 is 17.4 Å². The summed E-state index contributed by atoms with van der Waals surface area (Å²) in [6.07, 6.45) is 0. The SMILES string of the molecule is Cc1ccc(C(O)=C2C(=O)C(=O)N(CC(C)C)[C@@H]2c2ccc(O)cc2)cc1. The molecule has 1 aliphatic heterocycles. The maximum absolute atomic E-state index is 12.8. The molecular weight excluding hydrogens is 342 g/mol. The molecular formula is C22H23NO4. The summed E-state index contributed by atoms with van der Waals surface area (Å²) in [6, 6.07) is 12.8. The summed E-state index contributed by atoms with van der Waals surface area (Å²) < 4.78 is 0. The number of rotatable bonds is 4. The van der Waals surface area contributed by atoms with Gasteiger partial charge in [-0.05, 0) is 30.5 Å². The number of amides is 1. The van der Waals surface area contributed by atoms with Crippen LogP contribution in [0, 0.1) is 12.8 Å². The molecule has 0 radical (unpaired) electrons. The summed E-state index contributed by atoms with van der Waals surface area (Å²) in [5.74, 6) is -1.24. The molecule has 2 N–H and O–H groups in total. The van der Waals surface area contributed by atoms with Gasteiger partial charge in [0.1, 0.15) is 11.5 Å². The largest absolute Gasteiger partial charge is 0.508 e. The first-order valence-electron chi connectivity index (χ1n) is 8.94. The minimum Gasteiger partial charge on any atom is -0.508 e. The highest BCUT2D eigenvalue weighted by Crippen LogP contribution is 2.40. The number of hydrogen-bond acceptors (Lipinski definition) is 4. The first kappa shape index (κ1) is 18.7. The number of hydrogen-bond donors (Lipinski definition) is 2. The van der Waals surface area contributed by atoms with E-state index in [1.54, 1.807) is 24.3 Å². The fourth-order valence-corrected chi connectivity index (χ4v) is 3.33. The van der Waals surface area contributed by atoms with E-state index >= 15 is 0 Å². The second-order valence-electron chi connectivity index (χ2n) is 7.30. The number of carbonyl (C=O) groups excluding carboxylic acids is 2. The van der Waals surface area contributed by atoms with Gasteiger partial charge < -0.3 is 15.1 Å². The van der Waals surface area contributed by atoms with Gasteiger partial charge in [0, 0.05) is 12.1 Å². The van der Waals surface area contributed by atoms with Crippen LogP contribution in [0.3, 0.4) is 0 Å². The molecule has 1 amide bonds. The Hall–Kier alpha value is -3.08. The van der Waals surface area contributed by atoms with Crippen molar-refractivity contribution in [3.8, 4) is 5.75 Å². The van der Waals surface area contributed by atoms with Crippen LogP contribution in [0.15, 0.2) is 54.1 Å². The first-order chi connectivity index (χ1) is 12.8. The smallest absolute Gasteiger partial charge is 0.295 e. The zero-order valence-electron chi connectivity index (χ0n) is 15.6. The monoisotopic (exact) mass is 365 g/mol. The second-order valence-corrected chi connectivity index (χ2v) is 7.30. The molecule has 1 fully saturated rings. The van der Waals surface area contributed by atoms with Crippen molar-refractivity contribution in [2.75, 3.05) is 6.54 Å². The minimum atomic E-state index is -0.688. The van der Waals surface area contributed by atoms with Gasteiger partial charge >= 0.3 is 0 Å². The van der Waals surface area contributed by atoms with Crippen LogP contribution in [0.5, 0.6) is 5.75 Å². The summed E-state index contributed by atoms with van der Waals surface area (Å²) in [4.78, 5) is 26.9. The Morgan fingerprint density at radius 1 is 1.04 bits per heavy atom. The Morgan fingerprint density at radius 3 is 2.19 bits per heavy atom. The van der Waals surface area contributed by atoms with Gasteiger partial charge in [0.25, 0.3) is 11.7 Å². The Kier molecular flexibility index (Phi) is 5.04. The van der Waals surface area contributed by atoms with Crippen LogP contribution in [-0.2, 0) is 9.59 Å². The van der Waals surface area contributed by atoms with Crippen LogP contribution >= 0.6 is 0 Å². The van der Waals surface area contributed by atoms with Crippen LogP contribution in [0.4, 0.5) is 0 Å². The van der Waals surface area contributed by atoms with E-state index in [-0.39, 0.29) is 23.0 Å². The van der Waals surface area contributed by atoms with Crippen LogP contribution in [0.25, 0.3) is 5.76 Å². The highest BCUT2D eigenvalue weighted by Gasteiger charge is 2.46. The lowest BCUT2D eigenvalue weighted by atomic mass is 9.94. The number of aryl methyl sites for hydroxylation is 1. The Labute approximate surface area is 158 Å². The van der Waals surface area contributed by atoms with E-state index in [0.717, 1.165) is 5.56 Å². The lowest BCUT2D eigenvalue weighted by molar-refractivity contribution is -0.140. The van der Waals surface area contributed by atoms with Gasteiger partial charge in [0.05, 0.1) is 11.6 Å². The van der Waals surface area contributed by atoms with Gasteiger partial charge in [-0.3, -0.25) is 9.59 Å². The Balaban J connectivity index is 2.17. The molecule has 2 aromatic carbocycles. The van der Waals surface area contributed by atoms with Gasteiger partial charge in [0.15, 0.2) is 0 Å². The maximum atomic E-state index is 12.8. The first-order valence-corrected chi connectivity index (χ1v) is 8.94. The Bertz CT molecular complexity index is 895. The zero-order chi connectivity index (χ0) is 19.7. The normalized spacial score (nSPS) is 19.1. The van der Waals surface area contributed by atoms with E-state index < -0.39 is 17.7 Å². The highest BCUT2D eigenvalue weighted by molar-refractivity contribution is 6.46. The summed E-state index contributed by atoms with van der Waals surface area (Å²) >= 11 is 0. The number of Topliss-reactive ketones (excluding diaryl/α,β-unsaturated/α-hetero) is 1. The molecule has 140 valence electrons. The third kappa shape index (κ3) is 3.58. The Morgan fingerprint density at radius 2 is 1.63 bits per heavy atom. The third-order valence-corrected chi connectivity index (χ3v) is 4.64. The lowest BCUT2D eigenvalue weighted by Crippen LogP contribution is -2.33. The number of nitrogens with zero attached hydrogens (tertiary/aromatic N) is 1. The molecule has 0 spiro atoms. The number of phenols is 1. The molecule has 5 heteroatoms. The van der Waals surface area contributed by atoms with Crippen LogP contribution in [-0.4, -0.2) is 33.3 Å². The van der Waals surface area contributed by atoms with E-state index in [4.69, 9.17) is 0 Å². The van der Waals surface area contributed by atoms with Gasteiger partial charge in [-0.15, -0.1) is 0 Å². The number of phenolic OH excluding ortho intramolecular Hbond substituents is 1. The number of aromatic hydroxyl groups is 1. The predicted octanol–water partition coefficient (Wildman–Crippen LogP) is 3.78. The second kappa shape index (κ2) is 7.27. The summed E-state index contributed by atoms with van der Waals surface area (Å²) in [5.41, 5.74) is 2.27. The van der Waals surface area contributed by atoms with E-state index in [9.17, 15) is 19.8 Å². The van der Waals surface area contributed by atoms with Gasteiger partial charge in [0.2, 0.25) is 0 Å². The molecule has 2 aromatic rings. The molecule has 1 heterocycles. The average Bonchev–Trinajstić information content (AvgIpc) is 2.87. The van der Waals surface area contributed by atoms with Crippen LogP contribution in [0.2, 0.25) is 0 Å². The zero-order valence-corrected chi connectivity index (χ0v) is 15.6. The predicted molar refractivity (Wildman–Crippen MR) is 103 cm³/mol. The van der Waals surface area contributed by atoms with E-state index in [1.165, 1.54) is 17.0 Å². The van der Waals surface area contributed by atoms with E-state index in [2.05, 4.69) is 0 Å². The van der Waals surface area contributed by atoms with Crippen LogP contribution in [0.1, 0.15) is 36.6 Å².